The number of nitrogens with zero attached hydrogens (tertiary/aromatic N) is 1. The van der Waals surface area contributed by atoms with E-state index in [9.17, 15) is 4.79 Å². The summed E-state index contributed by atoms with van der Waals surface area (Å²) in [7, 11) is 0. The molecule has 0 aliphatic carbocycles. The minimum atomic E-state index is -0.271. The third-order valence-corrected chi connectivity index (χ3v) is 2.73. The quantitative estimate of drug-likeness (QED) is 0.661. The van der Waals surface area contributed by atoms with Gasteiger partial charge in [-0.2, -0.15) is 0 Å². The second kappa shape index (κ2) is 6.06. The molecule has 0 spiro atoms. The van der Waals surface area contributed by atoms with E-state index in [-0.39, 0.29) is 11.9 Å². The van der Waals surface area contributed by atoms with Gasteiger partial charge in [-0.3, -0.25) is 4.79 Å². The molecule has 1 atom stereocenters. The normalized spacial score (nSPS) is 12.5. The highest BCUT2D eigenvalue weighted by Gasteiger charge is 2.12. The molecule has 0 saturated carbocycles. The lowest BCUT2D eigenvalue weighted by Crippen LogP contribution is -2.24. The summed E-state index contributed by atoms with van der Waals surface area (Å²) >= 11 is 0. The van der Waals surface area contributed by atoms with E-state index in [4.69, 9.17) is 10.2 Å². The molecule has 0 saturated heterocycles. The summed E-state index contributed by atoms with van der Waals surface area (Å²) < 4.78 is 5.36. The van der Waals surface area contributed by atoms with Gasteiger partial charge in [-0.05, 0) is 37.6 Å². The Morgan fingerprint density at radius 2 is 2.10 bits per heavy atom. The first-order chi connectivity index (χ1) is 9.54. The average Bonchev–Trinajstić information content (AvgIpc) is 2.85. The molecular formula is C15H17N3O2. The lowest BCUT2D eigenvalue weighted by Gasteiger charge is -2.07. The number of oxazole rings is 1. The van der Waals surface area contributed by atoms with E-state index in [0.29, 0.717) is 11.6 Å². The fourth-order valence-corrected chi connectivity index (χ4v) is 1.67. The number of hydrogen-bond donors (Lipinski definition) is 2. The number of nitrogen functional groups attached to an aromatic ring is 1. The van der Waals surface area contributed by atoms with E-state index in [2.05, 4.69) is 10.3 Å². The minimum Gasteiger partial charge on any atom is -0.444 e. The summed E-state index contributed by atoms with van der Waals surface area (Å²) in [5.41, 5.74) is 7.20. The van der Waals surface area contributed by atoms with Gasteiger partial charge in [0.2, 0.25) is 11.8 Å². The molecule has 5 nitrogen and oxygen atoms in total. The van der Waals surface area contributed by atoms with Gasteiger partial charge >= 0.3 is 0 Å². The van der Waals surface area contributed by atoms with Gasteiger partial charge < -0.3 is 15.5 Å². The van der Waals surface area contributed by atoms with Crippen LogP contribution in [0.4, 0.5) is 5.69 Å². The van der Waals surface area contributed by atoms with Crippen LogP contribution in [-0.2, 0) is 4.79 Å². The van der Waals surface area contributed by atoms with E-state index < -0.39 is 0 Å². The van der Waals surface area contributed by atoms with Crippen molar-refractivity contribution in [2.75, 3.05) is 5.73 Å². The Bertz CT molecular complexity index is 614. The number of nitrogens with one attached hydrogen (secondary N) is 1. The number of benzene rings is 1. The Balaban J connectivity index is 1.93. The Kier molecular flexibility index (Phi) is 4.20. The second-order valence-electron chi connectivity index (χ2n) is 4.54. The topological polar surface area (TPSA) is 81.2 Å². The third-order valence-electron chi connectivity index (χ3n) is 2.73. The van der Waals surface area contributed by atoms with Crippen LogP contribution in [0.3, 0.4) is 0 Å². The molecule has 1 amide bonds. The maximum absolute atomic E-state index is 11.8. The summed E-state index contributed by atoms with van der Waals surface area (Å²) in [5, 5.41) is 2.78. The zero-order valence-corrected chi connectivity index (χ0v) is 11.5. The number of nitrogens with two attached hydrogens (primary N) is 1. The van der Waals surface area contributed by atoms with E-state index in [1.165, 1.54) is 6.08 Å². The molecule has 104 valence electrons. The molecule has 1 heterocycles. The number of carbonyl (C=O) groups is 1. The van der Waals surface area contributed by atoms with Gasteiger partial charge in [0.05, 0.1) is 6.20 Å². The fourth-order valence-electron chi connectivity index (χ4n) is 1.67. The smallest absolute Gasteiger partial charge is 0.244 e. The van der Waals surface area contributed by atoms with Crippen LogP contribution in [0.25, 0.3) is 6.08 Å². The van der Waals surface area contributed by atoms with Crippen molar-refractivity contribution in [1.82, 2.24) is 10.3 Å². The van der Waals surface area contributed by atoms with Crippen LogP contribution in [0.15, 0.2) is 41.0 Å². The largest absolute Gasteiger partial charge is 0.444 e. The average molecular weight is 271 g/mol. The van der Waals surface area contributed by atoms with Crippen molar-refractivity contribution in [3.05, 3.63) is 53.8 Å². The number of anilines is 1. The Morgan fingerprint density at radius 1 is 1.40 bits per heavy atom. The van der Waals surface area contributed by atoms with Crippen LogP contribution < -0.4 is 11.1 Å². The molecule has 0 aliphatic rings. The number of aromatic nitrogens is 1. The molecular weight excluding hydrogens is 254 g/mol. The van der Waals surface area contributed by atoms with Crippen molar-refractivity contribution in [1.29, 1.82) is 0 Å². The second-order valence-corrected chi connectivity index (χ2v) is 4.54. The molecule has 2 rings (SSSR count). The van der Waals surface area contributed by atoms with Crippen LogP contribution >= 0.6 is 0 Å². The van der Waals surface area contributed by atoms with Gasteiger partial charge in [0.1, 0.15) is 11.8 Å². The molecule has 2 aromatic rings. The molecule has 0 aliphatic heterocycles. The number of rotatable bonds is 4. The van der Waals surface area contributed by atoms with Gasteiger partial charge in [-0.15, -0.1) is 0 Å². The first-order valence-electron chi connectivity index (χ1n) is 6.31. The van der Waals surface area contributed by atoms with E-state index >= 15 is 0 Å². The molecule has 0 bridgehead atoms. The first-order valence-corrected chi connectivity index (χ1v) is 6.31. The standard InChI is InChI=1S/C15H17N3O2/c1-10-9-17-15(20-10)11(2)18-14(19)8-5-12-3-6-13(16)7-4-12/h3-9,11H,16H2,1-2H3,(H,18,19)/b8-5+. The van der Waals surface area contributed by atoms with Crippen molar-refractivity contribution in [3.8, 4) is 0 Å². The van der Waals surface area contributed by atoms with E-state index in [1.54, 1.807) is 24.4 Å². The maximum atomic E-state index is 11.8. The predicted molar refractivity (Wildman–Crippen MR) is 77.7 cm³/mol. The molecule has 1 unspecified atom stereocenters. The number of amides is 1. The highest BCUT2D eigenvalue weighted by Crippen LogP contribution is 2.12. The highest BCUT2D eigenvalue weighted by atomic mass is 16.4. The van der Waals surface area contributed by atoms with Crippen LogP contribution in [0, 0.1) is 6.92 Å². The Morgan fingerprint density at radius 3 is 2.70 bits per heavy atom. The summed E-state index contributed by atoms with van der Waals surface area (Å²) in [4.78, 5) is 15.9. The van der Waals surface area contributed by atoms with Crippen molar-refractivity contribution in [2.45, 2.75) is 19.9 Å². The zero-order valence-electron chi connectivity index (χ0n) is 11.5. The number of carbonyl (C=O) groups excluding carboxylic acids is 1. The zero-order chi connectivity index (χ0) is 14.5. The molecule has 0 radical (unpaired) electrons. The molecule has 1 aromatic heterocycles. The van der Waals surface area contributed by atoms with Gasteiger partial charge in [0.25, 0.3) is 0 Å². The van der Waals surface area contributed by atoms with Crippen molar-refractivity contribution in [2.24, 2.45) is 0 Å². The van der Waals surface area contributed by atoms with E-state index in [1.807, 2.05) is 26.0 Å². The van der Waals surface area contributed by atoms with Crippen LogP contribution in [0.1, 0.15) is 30.2 Å². The van der Waals surface area contributed by atoms with Crippen molar-refractivity contribution < 1.29 is 9.21 Å². The van der Waals surface area contributed by atoms with Crippen LogP contribution in [0.2, 0.25) is 0 Å². The highest BCUT2D eigenvalue weighted by molar-refractivity contribution is 5.91. The van der Waals surface area contributed by atoms with Gasteiger partial charge in [-0.1, -0.05) is 12.1 Å². The monoisotopic (exact) mass is 271 g/mol. The molecule has 20 heavy (non-hydrogen) atoms. The van der Waals surface area contributed by atoms with Crippen molar-refractivity contribution >= 4 is 17.7 Å². The summed E-state index contributed by atoms with van der Waals surface area (Å²) in [6.07, 6.45) is 4.82. The predicted octanol–water partition coefficient (Wildman–Crippen LogP) is 2.46. The number of hydrogen-bond acceptors (Lipinski definition) is 4. The Labute approximate surface area is 117 Å². The van der Waals surface area contributed by atoms with Gasteiger partial charge in [0, 0.05) is 11.8 Å². The minimum absolute atomic E-state index is 0.204. The van der Waals surface area contributed by atoms with Gasteiger partial charge in [-0.25, -0.2) is 4.98 Å². The summed E-state index contributed by atoms with van der Waals surface area (Å²) in [5.74, 6) is 1.01. The first kappa shape index (κ1) is 13.9. The maximum Gasteiger partial charge on any atom is 0.244 e. The lowest BCUT2D eigenvalue weighted by molar-refractivity contribution is -0.117. The molecule has 3 N–H and O–H groups in total. The number of aryl methyl sites for hydroxylation is 1. The molecule has 1 aromatic carbocycles. The SMILES string of the molecule is Cc1cnc(C(C)NC(=O)/C=C/c2ccc(N)cc2)o1. The van der Waals surface area contributed by atoms with Crippen LogP contribution in [-0.4, -0.2) is 10.9 Å². The third kappa shape index (κ3) is 3.71. The van der Waals surface area contributed by atoms with Gasteiger partial charge in [0.15, 0.2) is 0 Å². The molecule has 5 heteroatoms. The summed E-state index contributed by atoms with van der Waals surface area (Å²) in [6, 6.07) is 7.00. The Hall–Kier alpha value is -2.56. The van der Waals surface area contributed by atoms with Crippen molar-refractivity contribution in [3.63, 3.8) is 0 Å². The molecule has 0 fully saturated rings. The fraction of sp³-hybridized carbons (Fsp3) is 0.200. The van der Waals surface area contributed by atoms with Crippen LogP contribution in [0.5, 0.6) is 0 Å². The summed E-state index contributed by atoms with van der Waals surface area (Å²) in [6.45, 7) is 3.63. The lowest BCUT2D eigenvalue weighted by atomic mass is 10.2. The van der Waals surface area contributed by atoms with E-state index in [0.717, 1.165) is 11.3 Å².